The van der Waals surface area contributed by atoms with Crippen LogP contribution in [-0.2, 0) is 23.7 Å². The zero-order valence-corrected chi connectivity index (χ0v) is 32.7. The van der Waals surface area contributed by atoms with Gasteiger partial charge in [-0.05, 0) is 83.1 Å². The molecule has 4 aromatic carbocycles. The van der Waals surface area contributed by atoms with Crippen molar-refractivity contribution < 1.29 is 37.3 Å². The van der Waals surface area contributed by atoms with Crippen molar-refractivity contribution in [3.63, 3.8) is 0 Å². The summed E-state index contributed by atoms with van der Waals surface area (Å²) in [5.41, 5.74) is 5.23. The van der Waals surface area contributed by atoms with E-state index in [0.29, 0.717) is 38.6 Å². The third-order valence-corrected chi connectivity index (χ3v) is 8.36. The van der Waals surface area contributed by atoms with Crippen LogP contribution in [0.1, 0.15) is 56.8 Å². The van der Waals surface area contributed by atoms with Gasteiger partial charge in [-0.25, -0.2) is 0 Å². The maximum atomic E-state index is 10.7. The fraction of sp³-hybridized carbons (Fsp3) is 0.293. The number of carbonyl (C=O) groups is 1. The quantitative estimate of drug-likeness (QED) is 0.0792. The summed E-state index contributed by atoms with van der Waals surface area (Å²) < 4.78 is 40.4. The van der Waals surface area contributed by atoms with Crippen LogP contribution < -0.4 is 0 Å². The van der Waals surface area contributed by atoms with Gasteiger partial charge in [-0.3, -0.25) is 4.79 Å². The standard InChI is InChI=1S/C19H19BrO3.C15H9BrO2.C7H16O3/c1-3-21-19(22-4-2)15-6-5-14-11-17(23-18(14)12-15)13-7-9-16(20)10-8-13;16-13-5-3-11(4-6-13)15-8-12-2-1-10(9-17)7-14(12)18-15;1-4-8-7(9-5-2)10-6-3/h5-12,19H,3-4H2,1-2H3;1-9H;7H,4-6H2,1-3H3. The Kier molecular flexibility index (Phi) is 16.6. The van der Waals surface area contributed by atoms with Crippen LogP contribution in [0, 0.1) is 0 Å². The third kappa shape index (κ3) is 12.0. The van der Waals surface area contributed by atoms with E-state index < -0.39 is 6.48 Å². The fourth-order valence-electron chi connectivity index (χ4n) is 4.92. The Morgan fingerprint density at radius 3 is 1.41 bits per heavy atom. The molecule has 0 aliphatic heterocycles. The van der Waals surface area contributed by atoms with Gasteiger partial charge < -0.3 is 32.5 Å². The second kappa shape index (κ2) is 21.0. The number of hydrogen-bond acceptors (Lipinski definition) is 8. The molecule has 2 heterocycles. The number of fused-ring (bicyclic) bond motifs is 2. The van der Waals surface area contributed by atoms with Crippen molar-refractivity contribution in [3.8, 4) is 22.6 Å². The van der Waals surface area contributed by atoms with E-state index in [9.17, 15) is 4.79 Å². The molecule has 8 nitrogen and oxygen atoms in total. The number of hydrogen-bond donors (Lipinski definition) is 0. The lowest BCUT2D eigenvalue weighted by molar-refractivity contribution is -0.282. The topological polar surface area (TPSA) is 89.5 Å². The molecular formula is C41H44Br2O8. The number of rotatable bonds is 14. The van der Waals surface area contributed by atoms with Gasteiger partial charge in [0.1, 0.15) is 29.0 Å². The molecule has 0 N–H and O–H groups in total. The van der Waals surface area contributed by atoms with Gasteiger partial charge >= 0.3 is 0 Å². The molecule has 0 atom stereocenters. The van der Waals surface area contributed by atoms with E-state index in [1.165, 1.54) is 0 Å². The molecule has 2 aromatic heterocycles. The number of ether oxygens (including phenoxy) is 5. The van der Waals surface area contributed by atoms with Gasteiger partial charge in [0.05, 0.1) is 0 Å². The molecular weight excluding hydrogens is 780 g/mol. The predicted octanol–water partition coefficient (Wildman–Crippen LogP) is 12.0. The molecule has 0 aliphatic carbocycles. The summed E-state index contributed by atoms with van der Waals surface area (Å²) in [6.45, 7) is 12.2. The number of aldehydes is 1. The summed E-state index contributed by atoms with van der Waals surface area (Å²) in [7, 11) is 0. The number of furan rings is 2. The molecule has 0 unspecified atom stereocenters. The Hall–Kier alpha value is -3.61. The highest BCUT2D eigenvalue weighted by Crippen LogP contribution is 2.32. The minimum absolute atomic E-state index is 0.351. The highest BCUT2D eigenvalue weighted by atomic mass is 79.9. The molecule has 51 heavy (non-hydrogen) atoms. The smallest absolute Gasteiger partial charge is 0.271 e. The predicted molar refractivity (Wildman–Crippen MR) is 209 cm³/mol. The van der Waals surface area contributed by atoms with Crippen molar-refractivity contribution in [3.05, 3.63) is 117 Å². The molecule has 0 radical (unpaired) electrons. The lowest BCUT2D eigenvalue weighted by Crippen LogP contribution is -2.20. The van der Waals surface area contributed by atoms with Gasteiger partial charge in [0.2, 0.25) is 0 Å². The van der Waals surface area contributed by atoms with Gasteiger partial charge in [-0.1, -0.05) is 80.4 Å². The zero-order valence-electron chi connectivity index (χ0n) is 29.5. The SMILES string of the molecule is CCOC(OCC)OCC.CCOC(OCC)c1ccc2cc(-c3ccc(Br)cc3)oc2c1.O=Cc1ccc2cc(-c3ccc(Br)cc3)oc2c1. The first-order valence-electron chi connectivity index (χ1n) is 16.9. The Balaban J connectivity index is 0.000000186. The Morgan fingerprint density at radius 1 is 0.549 bits per heavy atom. The summed E-state index contributed by atoms with van der Waals surface area (Å²) in [4.78, 5) is 10.7. The third-order valence-electron chi connectivity index (χ3n) is 7.30. The monoisotopic (exact) mass is 822 g/mol. The summed E-state index contributed by atoms with van der Waals surface area (Å²) >= 11 is 6.85. The van der Waals surface area contributed by atoms with Gasteiger partial charge in [-0.2, -0.15) is 0 Å². The average Bonchev–Trinajstić information content (AvgIpc) is 3.77. The van der Waals surface area contributed by atoms with E-state index >= 15 is 0 Å². The highest BCUT2D eigenvalue weighted by molar-refractivity contribution is 9.10. The molecule has 270 valence electrons. The van der Waals surface area contributed by atoms with E-state index in [-0.39, 0.29) is 6.29 Å². The first-order chi connectivity index (χ1) is 24.8. The largest absolute Gasteiger partial charge is 0.456 e. The summed E-state index contributed by atoms with van der Waals surface area (Å²) in [6, 6.07) is 31.5. The molecule has 6 aromatic rings. The van der Waals surface area contributed by atoms with Crippen molar-refractivity contribution in [1.82, 2.24) is 0 Å². The summed E-state index contributed by atoms with van der Waals surface area (Å²) in [5.74, 6) is 1.66. The van der Waals surface area contributed by atoms with Gasteiger partial charge in [0, 0.05) is 75.0 Å². The van der Waals surface area contributed by atoms with Crippen LogP contribution in [0.3, 0.4) is 0 Å². The summed E-state index contributed by atoms with van der Waals surface area (Å²) in [6.07, 6.45) is 0.469. The molecule has 0 saturated carbocycles. The second-order valence-electron chi connectivity index (χ2n) is 10.8. The molecule has 6 rings (SSSR count). The molecule has 0 bridgehead atoms. The Bertz CT molecular complexity index is 1890. The second-order valence-corrected chi connectivity index (χ2v) is 12.7. The van der Waals surface area contributed by atoms with Crippen LogP contribution in [0.5, 0.6) is 0 Å². The molecule has 0 fully saturated rings. The minimum Gasteiger partial charge on any atom is -0.456 e. The van der Waals surface area contributed by atoms with Gasteiger partial charge in [0.25, 0.3) is 6.48 Å². The van der Waals surface area contributed by atoms with E-state index in [2.05, 4.69) is 37.9 Å². The molecule has 0 aliphatic rings. The molecule has 10 heteroatoms. The van der Waals surface area contributed by atoms with E-state index in [4.69, 9.17) is 32.5 Å². The van der Waals surface area contributed by atoms with Crippen molar-refractivity contribution in [1.29, 1.82) is 0 Å². The molecule has 0 saturated heterocycles. The maximum absolute atomic E-state index is 10.7. The average molecular weight is 825 g/mol. The lowest BCUT2D eigenvalue weighted by atomic mass is 10.1. The van der Waals surface area contributed by atoms with E-state index in [0.717, 1.165) is 65.4 Å². The van der Waals surface area contributed by atoms with Crippen molar-refractivity contribution in [2.45, 2.75) is 47.4 Å². The molecule has 0 spiro atoms. The van der Waals surface area contributed by atoms with Crippen LogP contribution >= 0.6 is 31.9 Å². The van der Waals surface area contributed by atoms with Crippen LogP contribution in [0.15, 0.2) is 115 Å². The fourth-order valence-corrected chi connectivity index (χ4v) is 5.45. The van der Waals surface area contributed by atoms with Gasteiger partial charge in [-0.15, -0.1) is 0 Å². The molecule has 0 amide bonds. The normalized spacial score (nSPS) is 11.1. The van der Waals surface area contributed by atoms with Crippen molar-refractivity contribution >= 4 is 60.1 Å². The minimum atomic E-state index is -0.472. The summed E-state index contributed by atoms with van der Waals surface area (Å²) in [5, 5.41) is 2.07. The lowest BCUT2D eigenvalue weighted by Gasteiger charge is -2.16. The van der Waals surface area contributed by atoms with Crippen LogP contribution in [-0.4, -0.2) is 45.8 Å². The first-order valence-corrected chi connectivity index (χ1v) is 18.5. The zero-order chi connectivity index (χ0) is 36.6. The van der Waals surface area contributed by atoms with Crippen molar-refractivity contribution in [2.75, 3.05) is 33.0 Å². The Morgan fingerprint density at radius 2 is 0.980 bits per heavy atom. The van der Waals surface area contributed by atoms with Crippen LogP contribution in [0.25, 0.3) is 44.6 Å². The highest BCUT2D eigenvalue weighted by Gasteiger charge is 2.14. The van der Waals surface area contributed by atoms with Gasteiger partial charge in [0.15, 0.2) is 6.29 Å². The van der Waals surface area contributed by atoms with Crippen molar-refractivity contribution in [2.24, 2.45) is 0 Å². The van der Waals surface area contributed by atoms with E-state index in [1.54, 1.807) is 12.1 Å². The van der Waals surface area contributed by atoms with Crippen LogP contribution in [0.2, 0.25) is 0 Å². The number of halogens is 2. The van der Waals surface area contributed by atoms with Crippen LogP contribution in [0.4, 0.5) is 0 Å². The Labute approximate surface area is 316 Å². The maximum Gasteiger partial charge on any atom is 0.271 e. The number of carbonyl (C=O) groups excluding carboxylic acids is 1. The first kappa shape index (κ1) is 40.2. The number of benzene rings is 4. The van der Waals surface area contributed by atoms with E-state index in [1.807, 2.05) is 113 Å².